The topological polar surface area (TPSA) is 61.8 Å². The van der Waals surface area contributed by atoms with Crippen molar-refractivity contribution in [2.75, 3.05) is 13.2 Å². The Labute approximate surface area is 193 Å². The van der Waals surface area contributed by atoms with Crippen LogP contribution >= 0.6 is 0 Å². The second-order valence-corrected chi connectivity index (χ2v) is 7.72. The average molecular weight is 445 g/mol. The second-order valence-electron chi connectivity index (χ2n) is 7.72. The Bertz CT molecular complexity index is 721. The lowest BCUT2D eigenvalue weighted by molar-refractivity contribution is -0.143. The molecule has 0 aliphatic heterocycles. The Hall–Kier alpha value is -2.56. The standard InChI is InChI=1S/C27H40O5/c1-4-6-7-8-9-10-11-12-13-14-20-26(32-23(3)28)24-18-15-16-19-25(24)31-22-17-21-27(29)30-5-2/h13-16,18-20H,4-12,17,21-22H2,1-3H3/b14-13+,26-20+. The van der Waals surface area contributed by atoms with Gasteiger partial charge >= 0.3 is 11.9 Å². The minimum atomic E-state index is -0.381. The Kier molecular flexibility index (Phi) is 15.5. The molecule has 5 nitrogen and oxygen atoms in total. The van der Waals surface area contributed by atoms with Crippen LogP contribution < -0.4 is 4.74 Å². The molecule has 0 bridgehead atoms. The van der Waals surface area contributed by atoms with Crippen molar-refractivity contribution in [1.82, 2.24) is 0 Å². The number of allylic oxidation sites excluding steroid dienone is 3. The van der Waals surface area contributed by atoms with Crippen LogP contribution in [0, 0.1) is 0 Å². The largest absolute Gasteiger partial charge is 0.493 e. The first-order valence-electron chi connectivity index (χ1n) is 12.0. The Morgan fingerprint density at radius 1 is 0.938 bits per heavy atom. The van der Waals surface area contributed by atoms with Gasteiger partial charge in [-0.15, -0.1) is 0 Å². The van der Waals surface area contributed by atoms with Gasteiger partial charge in [-0.05, 0) is 44.4 Å². The van der Waals surface area contributed by atoms with Crippen molar-refractivity contribution in [3.63, 3.8) is 0 Å². The fraction of sp³-hybridized carbons (Fsp3) is 0.556. The van der Waals surface area contributed by atoms with Gasteiger partial charge in [0.25, 0.3) is 0 Å². The summed E-state index contributed by atoms with van der Waals surface area (Å²) < 4.78 is 16.2. The van der Waals surface area contributed by atoms with Crippen LogP contribution in [0.1, 0.15) is 90.5 Å². The zero-order chi connectivity index (χ0) is 23.4. The van der Waals surface area contributed by atoms with Gasteiger partial charge in [0.1, 0.15) is 11.5 Å². The number of hydrogen-bond donors (Lipinski definition) is 0. The zero-order valence-electron chi connectivity index (χ0n) is 20.1. The molecule has 0 radical (unpaired) electrons. The highest BCUT2D eigenvalue weighted by Gasteiger charge is 2.12. The molecule has 0 unspecified atom stereocenters. The number of benzene rings is 1. The van der Waals surface area contributed by atoms with E-state index in [9.17, 15) is 9.59 Å². The zero-order valence-corrected chi connectivity index (χ0v) is 20.1. The van der Waals surface area contributed by atoms with Crippen molar-refractivity contribution in [3.8, 4) is 5.75 Å². The van der Waals surface area contributed by atoms with Crippen molar-refractivity contribution in [1.29, 1.82) is 0 Å². The monoisotopic (exact) mass is 444 g/mol. The summed E-state index contributed by atoms with van der Waals surface area (Å²) in [6.07, 6.45) is 16.7. The highest BCUT2D eigenvalue weighted by molar-refractivity contribution is 5.78. The molecule has 178 valence electrons. The summed E-state index contributed by atoms with van der Waals surface area (Å²) in [5, 5.41) is 0. The van der Waals surface area contributed by atoms with Gasteiger partial charge in [0, 0.05) is 13.3 Å². The number of para-hydroxylation sites is 1. The van der Waals surface area contributed by atoms with Crippen LogP contribution in [-0.4, -0.2) is 25.2 Å². The van der Waals surface area contributed by atoms with E-state index < -0.39 is 0 Å². The summed E-state index contributed by atoms with van der Waals surface area (Å²) in [4.78, 5) is 23.1. The maximum absolute atomic E-state index is 11.6. The molecule has 0 atom stereocenters. The fourth-order valence-corrected chi connectivity index (χ4v) is 3.23. The molecule has 0 fully saturated rings. The van der Waals surface area contributed by atoms with E-state index in [0.717, 1.165) is 6.42 Å². The number of rotatable bonds is 17. The summed E-state index contributed by atoms with van der Waals surface area (Å²) in [6.45, 7) is 6.16. The van der Waals surface area contributed by atoms with Crippen LogP contribution in [0.5, 0.6) is 5.75 Å². The third kappa shape index (κ3) is 13.0. The van der Waals surface area contributed by atoms with Crippen molar-refractivity contribution < 1.29 is 23.8 Å². The first-order chi connectivity index (χ1) is 15.6. The van der Waals surface area contributed by atoms with Crippen LogP contribution in [0.4, 0.5) is 0 Å². The average Bonchev–Trinajstić information content (AvgIpc) is 2.77. The van der Waals surface area contributed by atoms with Crippen molar-refractivity contribution in [2.45, 2.75) is 85.0 Å². The van der Waals surface area contributed by atoms with Gasteiger partial charge < -0.3 is 14.2 Å². The van der Waals surface area contributed by atoms with E-state index in [1.54, 1.807) is 6.92 Å². The molecule has 32 heavy (non-hydrogen) atoms. The third-order valence-corrected chi connectivity index (χ3v) is 4.85. The van der Waals surface area contributed by atoms with Gasteiger partial charge in [0.2, 0.25) is 0 Å². The highest BCUT2D eigenvalue weighted by atomic mass is 16.5. The van der Waals surface area contributed by atoms with Crippen molar-refractivity contribution in [2.24, 2.45) is 0 Å². The van der Waals surface area contributed by atoms with E-state index >= 15 is 0 Å². The van der Waals surface area contributed by atoms with E-state index in [1.165, 1.54) is 51.9 Å². The molecule has 0 heterocycles. The van der Waals surface area contributed by atoms with E-state index in [0.29, 0.717) is 43.1 Å². The number of carbonyl (C=O) groups is 2. The van der Waals surface area contributed by atoms with E-state index in [4.69, 9.17) is 14.2 Å². The van der Waals surface area contributed by atoms with Crippen LogP contribution in [-0.2, 0) is 19.1 Å². The number of unbranched alkanes of at least 4 members (excludes halogenated alkanes) is 7. The predicted molar refractivity (Wildman–Crippen MR) is 129 cm³/mol. The molecule has 0 saturated carbocycles. The number of ether oxygens (including phenoxy) is 3. The molecule has 5 heteroatoms. The lowest BCUT2D eigenvalue weighted by Crippen LogP contribution is -2.07. The van der Waals surface area contributed by atoms with Crippen LogP contribution in [0.2, 0.25) is 0 Å². The van der Waals surface area contributed by atoms with Crippen LogP contribution in [0.15, 0.2) is 42.5 Å². The van der Waals surface area contributed by atoms with Gasteiger partial charge in [-0.1, -0.05) is 69.7 Å². The summed E-state index contributed by atoms with van der Waals surface area (Å²) >= 11 is 0. The molecular formula is C27H40O5. The summed E-state index contributed by atoms with van der Waals surface area (Å²) in [6, 6.07) is 7.44. The molecule has 0 N–H and O–H groups in total. The summed E-state index contributed by atoms with van der Waals surface area (Å²) in [7, 11) is 0. The summed E-state index contributed by atoms with van der Waals surface area (Å²) in [5.74, 6) is 0.462. The number of esters is 2. The van der Waals surface area contributed by atoms with Gasteiger partial charge in [-0.25, -0.2) is 0 Å². The van der Waals surface area contributed by atoms with Gasteiger partial charge in [-0.2, -0.15) is 0 Å². The van der Waals surface area contributed by atoms with Crippen molar-refractivity contribution in [3.05, 3.63) is 48.1 Å². The first-order valence-corrected chi connectivity index (χ1v) is 12.0. The molecule has 1 aromatic carbocycles. The molecule has 0 aromatic heterocycles. The van der Waals surface area contributed by atoms with Gasteiger partial charge in [-0.3, -0.25) is 9.59 Å². The molecule has 0 amide bonds. The molecule has 0 saturated heterocycles. The molecule has 0 aliphatic carbocycles. The smallest absolute Gasteiger partial charge is 0.308 e. The highest BCUT2D eigenvalue weighted by Crippen LogP contribution is 2.27. The summed E-state index contributed by atoms with van der Waals surface area (Å²) in [5.41, 5.74) is 0.708. The van der Waals surface area contributed by atoms with Crippen molar-refractivity contribution >= 4 is 17.7 Å². The Morgan fingerprint density at radius 2 is 1.66 bits per heavy atom. The lowest BCUT2D eigenvalue weighted by atomic mass is 10.1. The molecule has 0 aliphatic rings. The normalized spacial score (nSPS) is 11.5. The minimum absolute atomic E-state index is 0.226. The molecule has 0 spiro atoms. The number of hydrogen-bond acceptors (Lipinski definition) is 5. The Morgan fingerprint density at radius 3 is 2.38 bits per heavy atom. The number of carbonyl (C=O) groups excluding carboxylic acids is 2. The second kappa shape index (κ2) is 18.1. The fourth-order valence-electron chi connectivity index (χ4n) is 3.23. The third-order valence-electron chi connectivity index (χ3n) is 4.85. The molecule has 1 aromatic rings. The Balaban J connectivity index is 2.62. The van der Waals surface area contributed by atoms with Crippen LogP contribution in [0.25, 0.3) is 5.76 Å². The predicted octanol–water partition coefficient (Wildman–Crippen LogP) is 7.01. The van der Waals surface area contributed by atoms with Gasteiger partial charge in [0.05, 0.1) is 18.8 Å². The van der Waals surface area contributed by atoms with Crippen LogP contribution in [0.3, 0.4) is 0 Å². The van der Waals surface area contributed by atoms with E-state index in [-0.39, 0.29) is 11.9 Å². The quantitative estimate of drug-likeness (QED) is 0.112. The minimum Gasteiger partial charge on any atom is -0.493 e. The molecule has 1 rings (SSSR count). The molecular weight excluding hydrogens is 404 g/mol. The van der Waals surface area contributed by atoms with E-state index in [1.807, 2.05) is 36.4 Å². The van der Waals surface area contributed by atoms with E-state index in [2.05, 4.69) is 13.0 Å². The maximum Gasteiger partial charge on any atom is 0.308 e. The SMILES string of the molecule is CCCCCCCCC/C=C/C=C(/OC(C)=O)c1ccccc1OCCCC(=O)OCC. The lowest BCUT2D eigenvalue weighted by Gasteiger charge is -2.13. The first kappa shape index (κ1) is 27.5. The van der Waals surface area contributed by atoms with Gasteiger partial charge in [0.15, 0.2) is 0 Å². The maximum atomic E-state index is 11.6.